The molecule has 3 atom stereocenters. The van der Waals surface area contributed by atoms with Gasteiger partial charge in [0.15, 0.2) is 0 Å². The van der Waals surface area contributed by atoms with E-state index in [1.54, 1.807) is 18.4 Å². The number of aliphatic hydroxyl groups excluding tert-OH is 1. The monoisotopic (exact) mass is 503 g/mol. The van der Waals surface area contributed by atoms with Crippen molar-refractivity contribution in [2.45, 2.75) is 58.6 Å². The molecule has 0 aliphatic heterocycles. The lowest BCUT2D eigenvalue weighted by atomic mass is 9.80. The first-order chi connectivity index (χ1) is 16.9. The van der Waals surface area contributed by atoms with Crippen molar-refractivity contribution in [2.24, 2.45) is 17.6 Å². The van der Waals surface area contributed by atoms with E-state index in [1.165, 1.54) is 0 Å². The van der Waals surface area contributed by atoms with Gasteiger partial charge in [-0.2, -0.15) is 0 Å². The van der Waals surface area contributed by atoms with Crippen molar-refractivity contribution in [3.05, 3.63) is 52.2 Å². The summed E-state index contributed by atoms with van der Waals surface area (Å²) in [5.74, 6) is -0.634. The van der Waals surface area contributed by atoms with E-state index >= 15 is 0 Å². The van der Waals surface area contributed by atoms with Gasteiger partial charge in [0.2, 0.25) is 11.8 Å². The molecule has 1 aromatic carbocycles. The first-order valence-corrected chi connectivity index (χ1v) is 13.4. The van der Waals surface area contributed by atoms with Gasteiger partial charge in [0.05, 0.1) is 13.2 Å². The maximum absolute atomic E-state index is 12.8. The number of primary amides is 1. The van der Waals surface area contributed by atoms with Gasteiger partial charge in [0.1, 0.15) is 5.75 Å². The summed E-state index contributed by atoms with van der Waals surface area (Å²) in [6.07, 6.45) is 2.11. The van der Waals surface area contributed by atoms with E-state index in [0.29, 0.717) is 39.0 Å². The van der Waals surface area contributed by atoms with E-state index in [9.17, 15) is 14.7 Å². The average molecular weight is 504 g/mol. The summed E-state index contributed by atoms with van der Waals surface area (Å²) in [5, 5.41) is 16.4. The molecule has 8 heteroatoms. The molecule has 0 spiro atoms. The second-order valence-electron chi connectivity index (χ2n) is 8.93. The number of carbonyl (C=O) groups excluding carboxylic acids is 2. The molecule has 7 nitrogen and oxygen atoms in total. The third-order valence-electron chi connectivity index (χ3n) is 6.22. The summed E-state index contributed by atoms with van der Waals surface area (Å²) in [6, 6.07) is 11.7. The molecule has 2 amide bonds. The van der Waals surface area contributed by atoms with Crippen molar-refractivity contribution >= 4 is 23.2 Å². The normalized spacial score (nSPS) is 13.7. The van der Waals surface area contributed by atoms with Gasteiger partial charge in [-0.3, -0.25) is 9.59 Å². The highest BCUT2D eigenvalue weighted by Gasteiger charge is 2.33. The number of aliphatic hydroxyl groups is 1. The smallest absolute Gasteiger partial charge is 0.222 e. The van der Waals surface area contributed by atoms with Crippen LogP contribution in [0.2, 0.25) is 0 Å². The molecule has 1 unspecified atom stereocenters. The number of benzene rings is 1. The van der Waals surface area contributed by atoms with Crippen LogP contribution in [0.4, 0.5) is 0 Å². The van der Waals surface area contributed by atoms with Crippen LogP contribution in [0.1, 0.15) is 50.0 Å². The summed E-state index contributed by atoms with van der Waals surface area (Å²) in [4.78, 5) is 28.3. The summed E-state index contributed by atoms with van der Waals surface area (Å²) < 4.78 is 5.27. The number of amides is 2. The summed E-state index contributed by atoms with van der Waals surface area (Å²) in [5.41, 5.74) is 6.87. The lowest BCUT2D eigenvalue weighted by molar-refractivity contribution is -0.132. The maximum atomic E-state index is 12.8. The van der Waals surface area contributed by atoms with Crippen molar-refractivity contribution in [1.82, 2.24) is 10.2 Å². The maximum Gasteiger partial charge on any atom is 0.222 e. The number of thiophene rings is 1. The van der Waals surface area contributed by atoms with Gasteiger partial charge in [-0.05, 0) is 54.8 Å². The lowest BCUT2D eigenvalue weighted by Gasteiger charge is -2.30. The van der Waals surface area contributed by atoms with Crippen LogP contribution in [-0.2, 0) is 22.6 Å². The number of nitrogens with two attached hydrogens (primary N) is 1. The van der Waals surface area contributed by atoms with Crippen LogP contribution in [0.5, 0.6) is 5.75 Å². The average Bonchev–Trinajstić information content (AvgIpc) is 3.36. The number of hydrogen-bond donors (Lipinski definition) is 3. The Morgan fingerprint density at radius 1 is 1.17 bits per heavy atom. The van der Waals surface area contributed by atoms with E-state index in [0.717, 1.165) is 29.0 Å². The van der Waals surface area contributed by atoms with Crippen LogP contribution in [0.3, 0.4) is 0 Å². The lowest BCUT2D eigenvalue weighted by Crippen LogP contribution is -2.43. The predicted molar refractivity (Wildman–Crippen MR) is 141 cm³/mol. The number of methoxy groups -OCH3 is 1. The number of nitrogens with zero attached hydrogens (tertiary/aromatic N) is 1. The highest BCUT2D eigenvalue weighted by molar-refractivity contribution is 7.09. The van der Waals surface area contributed by atoms with Crippen molar-refractivity contribution in [2.75, 3.05) is 26.7 Å². The van der Waals surface area contributed by atoms with Crippen LogP contribution in [0, 0.1) is 11.8 Å². The zero-order valence-electron chi connectivity index (χ0n) is 21.2. The number of ether oxygens (including phenoxy) is 1. The number of nitrogens with one attached hydrogen (secondary N) is 1. The zero-order valence-corrected chi connectivity index (χ0v) is 22.1. The second kappa shape index (κ2) is 15.5. The van der Waals surface area contributed by atoms with Gasteiger partial charge >= 0.3 is 0 Å². The van der Waals surface area contributed by atoms with Crippen molar-refractivity contribution in [3.8, 4) is 5.75 Å². The molecule has 2 rings (SSSR count). The van der Waals surface area contributed by atoms with E-state index in [4.69, 9.17) is 10.5 Å². The number of carbonyl (C=O) groups is 2. The second-order valence-corrected chi connectivity index (χ2v) is 9.96. The van der Waals surface area contributed by atoms with Crippen molar-refractivity contribution in [1.29, 1.82) is 0 Å². The van der Waals surface area contributed by atoms with Crippen molar-refractivity contribution in [3.63, 3.8) is 0 Å². The Bertz CT molecular complexity index is 884. The summed E-state index contributed by atoms with van der Waals surface area (Å²) >= 11 is 1.59. The topological polar surface area (TPSA) is 105 Å². The molecule has 0 radical (unpaired) electrons. The van der Waals surface area contributed by atoms with Gasteiger partial charge < -0.3 is 25.8 Å². The minimum Gasteiger partial charge on any atom is -0.497 e. The molecular weight excluding hydrogens is 462 g/mol. The molecule has 1 aromatic heterocycles. The summed E-state index contributed by atoms with van der Waals surface area (Å²) in [6.45, 7) is 6.39. The molecule has 0 aliphatic rings. The largest absolute Gasteiger partial charge is 0.497 e. The van der Waals surface area contributed by atoms with E-state index in [-0.39, 0.29) is 18.2 Å². The Morgan fingerprint density at radius 2 is 1.91 bits per heavy atom. The first kappa shape index (κ1) is 28.8. The number of rotatable bonds is 17. The molecule has 1 heterocycles. The Labute approximate surface area is 213 Å². The fourth-order valence-electron chi connectivity index (χ4n) is 4.41. The van der Waals surface area contributed by atoms with Gasteiger partial charge in [-0.15, -0.1) is 11.3 Å². The third-order valence-corrected chi connectivity index (χ3v) is 7.12. The molecule has 0 bridgehead atoms. The van der Waals surface area contributed by atoms with Gasteiger partial charge in [0, 0.05) is 49.3 Å². The van der Waals surface area contributed by atoms with E-state index in [1.807, 2.05) is 60.5 Å². The number of hydrogen-bond acceptors (Lipinski definition) is 6. The van der Waals surface area contributed by atoms with E-state index in [2.05, 4.69) is 5.32 Å². The molecule has 0 saturated heterocycles. The summed E-state index contributed by atoms with van der Waals surface area (Å²) in [7, 11) is 1.63. The minimum atomic E-state index is -0.794. The molecule has 2 aromatic rings. The van der Waals surface area contributed by atoms with Crippen LogP contribution >= 0.6 is 11.3 Å². The van der Waals surface area contributed by atoms with Gasteiger partial charge in [-0.1, -0.05) is 32.0 Å². The molecular formula is C27H41N3O4S. The molecule has 0 aliphatic carbocycles. The van der Waals surface area contributed by atoms with Gasteiger partial charge in [0.25, 0.3) is 0 Å². The molecule has 0 saturated carbocycles. The standard InChI is InChI=1S/C27H41N3O4S/c1-4-13-30(14-5-2)26(32)12-11-23(27(28)33)24(17-22-10-7-15-35-22)25(31)19-29-18-20-8-6-9-21(16-20)34-3/h6-10,15-16,23-25,29,31H,4-5,11-14,17-19H2,1-3H3,(H2,28,33)/t23?,24-,25-/m0/s1. The first-order valence-electron chi connectivity index (χ1n) is 12.5. The third kappa shape index (κ3) is 9.63. The molecule has 35 heavy (non-hydrogen) atoms. The zero-order chi connectivity index (χ0) is 25.6. The fraction of sp³-hybridized carbons (Fsp3) is 0.556. The SMILES string of the molecule is CCCN(CCC)C(=O)CCC(C(N)=O)[C@H](Cc1cccs1)[C@@H](O)CNCc1cccc(OC)c1. The Kier molecular flexibility index (Phi) is 12.8. The van der Waals surface area contributed by atoms with Gasteiger partial charge in [-0.25, -0.2) is 0 Å². The predicted octanol–water partition coefficient (Wildman–Crippen LogP) is 3.60. The Morgan fingerprint density at radius 3 is 2.51 bits per heavy atom. The Hall–Kier alpha value is -2.42. The van der Waals surface area contributed by atoms with Crippen LogP contribution in [-0.4, -0.2) is 54.7 Å². The van der Waals surface area contributed by atoms with Crippen LogP contribution in [0.15, 0.2) is 41.8 Å². The highest BCUT2D eigenvalue weighted by atomic mass is 32.1. The van der Waals surface area contributed by atoms with E-state index < -0.39 is 17.9 Å². The molecule has 4 N–H and O–H groups in total. The van der Waals surface area contributed by atoms with Crippen molar-refractivity contribution < 1.29 is 19.4 Å². The Balaban J connectivity index is 2.08. The van der Waals surface area contributed by atoms with Crippen LogP contribution < -0.4 is 15.8 Å². The molecule has 0 fully saturated rings. The highest BCUT2D eigenvalue weighted by Crippen LogP contribution is 2.28. The molecule has 194 valence electrons. The minimum absolute atomic E-state index is 0.0421. The quantitative estimate of drug-likeness (QED) is 0.306. The fourth-order valence-corrected chi connectivity index (χ4v) is 5.19. The van der Waals surface area contributed by atoms with Crippen LogP contribution in [0.25, 0.3) is 0 Å².